The van der Waals surface area contributed by atoms with E-state index < -0.39 is 17.5 Å². The molecule has 2 aromatic rings. The number of amides is 1. The molecule has 0 aliphatic rings. The molecule has 0 spiro atoms. The monoisotopic (exact) mass is 343 g/mol. The van der Waals surface area contributed by atoms with Crippen LogP contribution >= 0.6 is 0 Å². The fourth-order valence-corrected chi connectivity index (χ4v) is 2.23. The highest BCUT2D eigenvalue weighted by atomic mass is 16.6. The van der Waals surface area contributed by atoms with Gasteiger partial charge in [0.2, 0.25) is 0 Å². The van der Waals surface area contributed by atoms with Gasteiger partial charge in [-0.1, -0.05) is 57.2 Å². The highest BCUT2D eigenvalue weighted by Gasteiger charge is 2.25. The number of anilines is 1. The maximum atomic E-state index is 12.1. The van der Waals surface area contributed by atoms with Crippen LogP contribution in [0.5, 0.6) is 0 Å². The zero-order valence-corrected chi connectivity index (χ0v) is 14.4. The normalized spacial score (nSPS) is 11.0. The number of benzene rings is 1. The van der Waals surface area contributed by atoms with E-state index in [1.807, 2.05) is 51.1 Å². The molecule has 7 nitrogen and oxygen atoms in total. The summed E-state index contributed by atoms with van der Waals surface area (Å²) < 4.78 is 5.12. The van der Waals surface area contributed by atoms with E-state index in [1.165, 1.54) is 6.07 Å². The Balaban J connectivity index is 2.18. The van der Waals surface area contributed by atoms with E-state index in [0.29, 0.717) is 10.6 Å². The average molecular weight is 343 g/mol. The number of hydrogen-bond donors (Lipinski definition) is 2. The maximum Gasteiger partial charge on any atom is 0.430 e. The number of hydrogen-bond acceptors (Lipinski definition) is 5. The van der Waals surface area contributed by atoms with Gasteiger partial charge in [0.25, 0.3) is 0 Å². The number of rotatable bonds is 4. The van der Waals surface area contributed by atoms with Crippen molar-refractivity contribution in [3.63, 3.8) is 0 Å². The van der Waals surface area contributed by atoms with Gasteiger partial charge in [0, 0.05) is 0 Å². The van der Waals surface area contributed by atoms with Crippen LogP contribution in [0.3, 0.4) is 0 Å². The molecule has 0 saturated carbocycles. The molecule has 132 valence electrons. The van der Waals surface area contributed by atoms with Crippen LogP contribution in [0.15, 0.2) is 42.5 Å². The average Bonchev–Trinajstić information content (AvgIpc) is 2.58. The first-order valence-corrected chi connectivity index (χ1v) is 7.70. The first-order valence-electron chi connectivity index (χ1n) is 7.70. The van der Waals surface area contributed by atoms with E-state index in [-0.39, 0.29) is 18.1 Å². The topological polar surface area (TPSA) is 106 Å². The van der Waals surface area contributed by atoms with Gasteiger partial charge >= 0.3 is 12.1 Å². The predicted octanol–water partition coefficient (Wildman–Crippen LogP) is 3.09. The Bertz CT molecular complexity index is 770. The summed E-state index contributed by atoms with van der Waals surface area (Å²) in [7, 11) is 0. The highest BCUT2D eigenvalue weighted by molar-refractivity contribution is 5.90. The van der Waals surface area contributed by atoms with Crippen LogP contribution in [0.2, 0.25) is 0 Å². The Morgan fingerprint density at radius 1 is 1.16 bits per heavy atom. The third kappa shape index (κ3) is 4.54. The summed E-state index contributed by atoms with van der Waals surface area (Å²) in [5.41, 5.74) is 0.810. The SMILES string of the molecule is CC(C)(C)c1ccc(N(N)C(=O)OCc2ccccc2)nc1C(=O)O. The van der Waals surface area contributed by atoms with Crippen molar-refractivity contribution in [1.29, 1.82) is 0 Å². The maximum absolute atomic E-state index is 12.1. The summed E-state index contributed by atoms with van der Waals surface area (Å²) in [6.07, 6.45) is -0.823. The lowest BCUT2D eigenvalue weighted by atomic mass is 9.86. The first kappa shape index (κ1) is 18.4. The summed E-state index contributed by atoms with van der Waals surface area (Å²) in [5.74, 6) is 4.55. The van der Waals surface area contributed by atoms with E-state index in [9.17, 15) is 14.7 Å². The van der Waals surface area contributed by atoms with E-state index in [4.69, 9.17) is 10.6 Å². The van der Waals surface area contributed by atoms with E-state index in [1.54, 1.807) is 6.07 Å². The minimum atomic E-state index is -1.18. The zero-order chi connectivity index (χ0) is 18.6. The minimum Gasteiger partial charge on any atom is -0.477 e. The second kappa shape index (κ2) is 7.31. The number of carbonyl (C=O) groups is 2. The van der Waals surface area contributed by atoms with Gasteiger partial charge in [-0.3, -0.25) is 0 Å². The van der Waals surface area contributed by atoms with Crippen molar-refractivity contribution >= 4 is 17.9 Å². The Kier molecular flexibility index (Phi) is 5.38. The van der Waals surface area contributed by atoms with E-state index in [2.05, 4.69) is 4.98 Å². The Labute approximate surface area is 146 Å². The third-order valence-electron chi connectivity index (χ3n) is 3.54. The molecule has 2 rings (SSSR count). The lowest BCUT2D eigenvalue weighted by Gasteiger charge is -2.22. The van der Waals surface area contributed by atoms with Crippen molar-refractivity contribution in [2.45, 2.75) is 32.8 Å². The largest absolute Gasteiger partial charge is 0.477 e. The van der Waals surface area contributed by atoms with Gasteiger partial charge in [-0.05, 0) is 22.6 Å². The molecule has 0 atom stereocenters. The lowest BCUT2D eigenvalue weighted by Crippen LogP contribution is -2.39. The zero-order valence-electron chi connectivity index (χ0n) is 14.4. The predicted molar refractivity (Wildman–Crippen MR) is 93.2 cm³/mol. The molecule has 25 heavy (non-hydrogen) atoms. The molecule has 1 heterocycles. The van der Waals surface area contributed by atoms with Crippen LogP contribution in [0.25, 0.3) is 0 Å². The second-order valence-corrected chi connectivity index (χ2v) is 6.53. The van der Waals surface area contributed by atoms with Crippen molar-refractivity contribution in [3.8, 4) is 0 Å². The van der Waals surface area contributed by atoms with Crippen molar-refractivity contribution in [1.82, 2.24) is 4.98 Å². The van der Waals surface area contributed by atoms with Gasteiger partial charge in [-0.25, -0.2) is 20.4 Å². The molecule has 0 bridgehead atoms. The lowest BCUT2D eigenvalue weighted by molar-refractivity contribution is 0.0687. The number of ether oxygens (including phenoxy) is 1. The third-order valence-corrected chi connectivity index (χ3v) is 3.54. The van der Waals surface area contributed by atoms with Crippen LogP contribution in [-0.4, -0.2) is 22.2 Å². The Hall–Kier alpha value is -2.93. The minimum absolute atomic E-state index is 0.00321. The molecule has 0 aliphatic heterocycles. The number of carboxylic acid groups (broad SMARTS) is 1. The fraction of sp³-hybridized carbons (Fsp3) is 0.278. The number of hydrazine groups is 1. The first-order chi connectivity index (χ1) is 11.7. The van der Waals surface area contributed by atoms with Crippen LogP contribution in [0.1, 0.15) is 42.4 Å². The summed E-state index contributed by atoms with van der Waals surface area (Å²) in [4.78, 5) is 27.6. The number of nitrogens with zero attached hydrogens (tertiary/aromatic N) is 2. The highest BCUT2D eigenvalue weighted by Crippen LogP contribution is 2.26. The van der Waals surface area contributed by atoms with Gasteiger partial charge in [-0.2, -0.15) is 5.01 Å². The van der Waals surface area contributed by atoms with Gasteiger partial charge in [0.1, 0.15) is 6.61 Å². The molecule has 1 amide bonds. The summed E-state index contributed by atoms with van der Waals surface area (Å²) in [6.45, 7) is 5.69. The van der Waals surface area contributed by atoms with Crippen LogP contribution in [-0.2, 0) is 16.8 Å². The Morgan fingerprint density at radius 3 is 2.36 bits per heavy atom. The molecule has 0 fully saturated rings. The summed E-state index contributed by atoms with van der Waals surface area (Å²) in [5, 5.41) is 10.1. The van der Waals surface area contributed by atoms with Crippen molar-refractivity contribution in [3.05, 3.63) is 59.3 Å². The molecule has 1 aromatic carbocycles. The summed E-state index contributed by atoms with van der Waals surface area (Å²) >= 11 is 0. The smallest absolute Gasteiger partial charge is 0.430 e. The molecule has 1 aromatic heterocycles. The molecule has 0 aliphatic carbocycles. The number of aromatic nitrogens is 1. The number of carbonyl (C=O) groups excluding carboxylic acids is 1. The number of nitrogens with two attached hydrogens (primary N) is 1. The number of pyridine rings is 1. The molecule has 0 radical (unpaired) electrons. The molecular weight excluding hydrogens is 322 g/mol. The molecule has 3 N–H and O–H groups in total. The second-order valence-electron chi connectivity index (χ2n) is 6.53. The van der Waals surface area contributed by atoms with Crippen molar-refractivity contribution in [2.75, 3.05) is 5.01 Å². The number of carboxylic acids is 1. The summed E-state index contributed by atoms with van der Waals surface area (Å²) in [6, 6.07) is 12.2. The molecular formula is C18H21N3O4. The van der Waals surface area contributed by atoms with Crippen LogP contribution < -0.4 is 10.9 Å². The van der Waals surface area contributed by atoms with Gasteiger partial charge < -0.3 is 9.84 Å². The molecule has 0 unspecified atom stereocenters. The Morgan fingerprint density at radius 2 is 1.80 bits per heavy atom. The van der Waals surface area contributed by atoms with Crippen molar-refractivity contribution in [2.24, 2.45) is 5.84 Å². The molecule has 0 saturated heterocycles. The van der Waals surface area contributed by atoms with Gasteiger partial charge in [0.15, 0.2) is 11.5 Å². The fourth-order valence-electron chi connectivity index (χ4n) is 2.23. The van der Waals surface area contributed by atoms with E-state index in [0.717, 1.165) is 5.56 Å². The standard InChI is InChI=1S/C18H21N3O4/c1-18(2,3)13-9-10-14(20-15(13)16(22)23)21(19)17(24)25-11-12-7-5-4-6-8-12/h4-10H,11,19H2,1-3H3,(H,22,23). The van der Waals surface area contributed by atoms with Crippen molar-refractivity contribution < 1.29 is 19.4 Å². The van der Waals surface area contributed by atoms with Crippen LogP contribution in [0.4, 0.5) is 10.6 Å². The number of aromatic carboxylic acids is 1. The van der Waals surface area contributed by atoms with Gasteiger partial charge in [-0.15, -0.1) is 0 Å². The van der Waals surface area contributed by atoms with E-state index >= 15 is 0 Å². The van der Waals surface area contributed by atoms with Crippen LogP contribution in [0, 0.1) is 0 Å². The van der Waals surface area contributed by atoms with Gasteiger partial charge in [0.05, 0.1) is 0 Å². The molecule has 7 heteroatoms. The quantitative estimate of drug-likeness (QED) is 0.502.